The Morgan fingerprint density at radius 1 is 1.27 bits per heavy atom. The van der Waals surface area contributed by atoms with Crippen molar-refractivity contribution in [1.29, 1.82) is 0 Å². The van der Waals surface area contributed by atoms with E-state index in [1.807, 2.05) is 0 Å². The Labute approximate surface area is 136 Å². The summed E-state index contributed by atoms with van der Waals surface area (Å²) < 4.78 is 25.4. The minimum absolute atomic E-state index is 0.154. The van der Waals surface area contributed by atoms with Crippen LogP contribution in [0.5, 0.6) is 0 Å². The molecule has 1 aliphatic carbocycles. The number of benzene rings is 1. The molecule has 0 spiro atoms. The Morgan fingerprint density at radius 3 is 2.32 bits per heavy atom. The van der Waals surface area contributed by atoms with Gasteiger partial charge in [0.1, 0.15) is 6.04 Å². The van der Waals surface area contributed by atoms with Crippen molar-refractivity contribution in [3.63, 3.8) is 0 Å². The van der Waals surface area contributed by atoms with Gasteiger partial charge in [0.2, 0.25) is 15.9 Å². The molecule has 1 aliphatic rings. The summed E-state index contributed by atoms with van der Waals surface area (Å²) >= 11 is 5.84. The summed E-state index contributed by atoms with van der Waals surface area (Å²) in [6, 6.07) is 5.76. The molecular formula is C15H21ClN2O3S. The van der Waals surface area contributed by atoms with E-state index in [1.165, 1.54) is 0 Å². The number of rotatable bonds is 5. The van der Waals surface area contributed by atoms with Gasteiger partial charge in [-0.3, -0.25) is 9.10 Å². The van der Waals surface area contributed by atoms with Crippen molar-refractivity contribution in [2.75, 3.05) is 10.6 Å². The van der Waals surface area contributed by atoms with Gasteiger partial charge in [0.15, 0.2) is 0 Å². The van der Waals surface area contributed by atoms with Crippen molar-refractivity contribution < 1.29 is 13.2 Å². The predicted molar refractivity (Wildman–Crippen MR) is 88.6 cm³/mol. The normalized spacial score (nSPS) is 17.2. The molecule has 1 unspecified atom stereocenters. The van der Waals surface area contributed by atoms with E-state index in [9.17, 15) is 13.2 Å². The second-order valence-electron chi connectivity index (χ2n) is 5.70. The highest BCUT2D eigenvalue weighted by atomic mass is 35.5. The zero-order valence-electron chi connectivity index (χ0n) is 12.8. The molecule has 0 radical (unpaired) electrons. The van der Waals surface area contributed by atoms with Crippen LogP contribution in [0, 0.1) is 0 Å². The van der Waals surface area contributed by atoms with Crippen LogP contribution in [-0.2, 0) is 14.8 Å². The number of nitrogens with zero attached hydrogens (tertiary/aromatic N) is 1. The van der Waals surface area contributed by atoms with Crippen LogP contribution in [0.1, 0.15) is 32.6 Å². The van der Waals surface area contributed by atoms with Crippen LogP contribution in [0.4, 0.5) is 5.69 Å². The van der Waals surface area contributed by atoms with E-state index < -0.39 is 16.1 Å². The van der Waals surface area contributed by atoms with Gasteiger partial charge < -0.3 is 5.32 Å². The van der Waals surface area contributed by atoms with Crippen LogP contribution < -0.4 is 9.62 Å². The summed E-state index contributed by atoms with van der Waals surface area (Å²) in [4.78, 5) is 12.4. The topological polar surface area (TPSA) is 66.5 Å². The Bertz CT molecular complexity index is 625. The van der Waals surface area contributed by atoms with Crippen molar-refractivity contribution in [3.8, 4) is 0 Å². The fourth-order valence-corrected chi connectivity index (χ4v) is 4.09. The first kappa shape index (κ1) is 17.1. The van der Waals surface area contributed by atoms with E-state index in [4.69, 9.17) is 11.6 Å². The lowest BCUT2D eigenvalue weighted by Gasteiger charge is -2.29. The summed E-state index contributed by atoms with van der Waals surface area (Å²) in [7, 11) is -3.58. The maximum atomic E-state index is 12.4. The van der Waals surface area contributed by atoms with E-state index in [0.717, 1.165) is 36.2 Å². The minimum Gasteiger partial charge on any atom is -0.352 e. The van der Waals surface area contributed by atoms with Gasteiger partial charge in [-0.2, -0.15) is 0 Å². The number of carbonyl (C=O) groups is 1. The fourth-order valence-electron chi connectivity index (χ4n) is 2.79. The van der Waals surface area contributed by atoms with Crippen LogP contribution in [0.3, 0.4) is 0 Å². The first-order valence-corrected chi connectivity index (χ1v) is 9.57. The van der Waals surface area contributed by atoms with E-state index in [0.29, 0.717) is 10.7 Å². The second-order valence-corrected chi connectivity index (χ2v) is 8.00. The van der Waals surface area contributed by atoms with Crippen LogP contribution >= 0.6 is 11.6 Å². The van der Waals surface area contributed by atoms with Gasteiger partial charge in [0, 0.05) is 11.1 Å². The Hall–Kier alpha value is -1.27. The lowest BCUT2D eigenvalue weighted by atomic mass is 10.2. The number of hydrogen-bond acceptors (Lipinski definition) is 3. The van der Waals surface area contributed by atoms with Gasteiger partial charge >= 0.3 is 0 Å². The van der Waals surface area contributed by atoms with Gasteiger partial charge in [-0.1, -0.05) is 24.4 Å². The monoisotopic (exact) mass is 344 g/mol. The minimum atomic E-state index is -3.58. The maximum Gasteiger partial charge on any atom is 0.243 e. The molecule has 22 heavy (non-hydrogen) atoms. The first-order chi connectivity index (χ1) is 10.3. The molecule has 0 heterocycles. The summed E-state index contributed by atoms with van der Waals surface area (Å²) in [5.41, 5.74) is 0.431. The summed E-state index contributed by atoms with van der Waals surface area (Å²) in [6.07, 6.45) is 5.22. The van der Waals surface area contributed by atoms with Gasteiger partial charge in [-0.15, -0.1) is 0 Å². The Morgan fingerprint density at radius 2 is 1.82 bits per heavy atom. The average Bonchev–Trinajstić information content (AvgIpc) is 2.92. The molecule has 1 aromatic rings. The highest BCUT2D eigenvalue weighted by Crippen LogP contribution is 2.24. The molecule has 2 rings (SSSR count). The zero-order valence-corrected chi connectivity index (χ0v) is 14.3. The molecular weight excluding hydrogens is 324 g/mol. The Balaban J connectivity index is 2.21. The second kappa shape index (κ2) is 6.87. The third kappa shape index (κ3) is 4.14. The number of hydrogen-bond donors (Lipinski definition) is 1. The third-order valence-electron chi connectivity index (χ3n) is 3.87. The Kier molecular flexibility index (Phi) is 5.34. The molecule has 1 atom stereocenters. The summed E-state index contributed by atoms with van der Waals surface area (Å²) in [5.74, 6) is -0.271. The van der Waals surface area contributed by atoms with Crippen molar-refractivity contribution in [2.24, 2.45) is 0 Å². The predicted octanol–water partition coefficient (Wildman–Crippen LogP) is 2.55. The van der Waals surface area contributed by atoms with Gasteiger partial charge in [-0.05, 0) is 44.0 Å². The van der Waals surface area contributed by atoms with Crippen LogP contribution in [-0.4, -0.2) is 32.7 Å². The smallest absolute Gasteiger partial charge is 0.243 e. The van der Waals surface area contributed by atoms with Gasteiger partial charge in [0.05, 0.1) is 11.9 Å². The van der Waals surface area contributed by atoms with Crippen LogP contribution in [0.25, 0.3) is 0 Å². The summed E-state index contributed by atoms with van der Waals surface area (Å²) in [5, 5.41) is 3.46. The number of nitrogens with one attached hydrogen (secondary N) is 1. The lowest BCUT2D eigenvalue weighted by Crippen LogP contribution is -2.49. The molecule has 7 heteroatoms. The van der Waals surface area contributed by atoms with E-state index in [-0.39, 0.29) is 11.9 Å². The van der Waals surface area contributed by atoms with Crippen LogP contribution in [0.15, 0.2) is 24.3 Å². The SMILES string of the molecule is CC(C(=O)NC1CCCC1)N(c1ccc(Cl)cc1)S(C)(=O)=O. The van der Waals surface area contributed by atoms with Crippen molar-refractivity contribution in [2.45, 2.75) is 44.7 Å². The molecule has 0 saturated heterocycles. The fraction of sp³-hybridized carbons (Fsp3) is 0.533. The highest BCUT2D eigenvalue weighted by molar-refractivity contribution is 7.92. The largest absolute Gasteiger partial charge is 0.352 e. The molecule has 1 aromatic carbocycles. The van der Waals surface area contributed by atoms with Gasteiger partial charge in [0.25, 0.3) is 0 Å². The molecule has 1 fully saturated rings. The molecule has 0 aliphatic heterocycles. The van der Waals surface area contributed by atoms with Gasteiger partial charge in [-0.25, -0.2) is 8.42 Å². The standard InChI is InChI=1S/C15H21ClN2O3S/c1-11(15(19)17-13-5-3-4-6-13)18(22(2,20)21)14-9-7-12(16)8-10-14/h7-11,13H,3-6H2,1-2H3,(H,17,19). The quantitative estimate of drug-likeness (QED) is 0.892. The van der Waals surface area contributed by atoms with E-state index >= 15 is 0 Å². The maximum absolute atomic E-state index is 12.4. The molecule has 1 N–H and O–H groups in total. The molecule has 122 valence electrons. The molecule has 0 bridgehead atoms. The number of anilines is 1. The van der Waals surface area contributed by atoms with Crippen molar-refractivity contribution in [3.05, 3.63) is 29.3 Å². The van der Waals surface area contributed by atoms with Crippen LogP contribution in [0.2, 0.25) is 5.02 Å². The molecule has 1 saturated carbocycles. The summed E-state index contributed by atoms with van der Waals surface area (Å²) in [6.45, 7) is 1.60. The molecule has 0 aromatic heterocycles. The van der Waals surface area contributed by atoms with Crippen molar-refractivity contribution in [1.82, 2.24) is 5.32 Å². The molecule has 5 nitrogen and oxygen atoms in total. The van der Waals surface area contributed by atoms with E-state index in [1.54, 1.807) is 31.2 Å². The first-order valence-electron chi connectivity index (χ1n) is 7.34. The number of amides is 1. The number of sulfonamides is 1. The average molecular weight is 345 g/mol. The molecule has 1 amide bonds. The zero-order chi connectivity index (χ0) is 16.3. The number of halogens is 1. The van der Waals surface area contributed by atoms with Crippen molar-refractivity contribution >= 4 is 33.2 Å². The highest BCUT2D eigenvalue weighted by Gasteiger charge is 2.30. The number of carbonyl (C=O) groups excluding carboxylic acids is 1. The van der Waals surface area contributed by atoms with E-state index in [2.05, 4.69) is 5.32 Å². The third-order valence-corrected chi connectivity index (χ3v) is 5.36. The lowest BCUT2D eigenvalue weighted by molar-refractivity contribution is -0.122.